The summed E-state index contributed by atoms with van der Waals surface area (Å²) in [5, 5.41) is 0. The molecule has 2 aromatic heterocycles. The van der Waals surface area contributed by atoms with Crippen LogP contribution in [-0.2, 0) is 0 Å². The third kappa shape index (κ3) is 3.29. The maximum atomic E-state index is 4.55. The second kappa shape index (κ2) is 7.42. The van der Waals surface area contributed by atoms with Crippen LogP contribution in [0.5, 0.6) is 0 Å². The van der Waals surface area contributed by atoms with Crippen molar-refractivity contribution in [3.05, 3.63) is 54.4 Å². The number of anilines is 1. The molecular formula is C22H26N4. The molecule has 1 saturated heterocycles. The van der Waals surface area contributed by atoms with Gasteiger partial charge in [0, 0.05) is 49.8 Å². The minimum atomic E-state index is 0.943. The number of piperazine rings is 1. The van der Waals surface area contributed by atoms with E-state index in [1.807, 2.05) is 24.5 Å². The van der Waals surface area contributed by atoms with Gasteiger partial charge in [-0.1, -0.05) is 13.0 Å². The molecule has 0 amide bonds. The molecule has 0 spiro atoms. The quantitative estimate of drug-likeness (QED) is 0.711. The Hall–Kier alpha value is -2.46. The number of rotatable bonds is 4. The molecule has 0 atom stereocenters. The van der Waals surface area contributed by atoms with Crippen LogP contribution < -0.4 is 4.90 Å². The molecule has 26 heavy (non-hydrogen) atoms. The summed E-state index contributed by atoms with van der Waals surface area (Å²) in [4.78, 5) is 14.1. The largest absolute Gasteiger partial charge is 0.369 e. The molecule has 0 unspecified atom stereocenters. The molecule has 1 aliphatic heterocycles. The average Bonchev–Trinajstić information content (AvgIpc) is 2.68. The number of hydrogen-bond donors (Lipinski definition) is 0. The van der Waals surface area contributed by atoms with Crippen molar-refractivity contribution in [2.75, 3.05) is 37.6 Å². The Morgan fingerprint density at radius 3 is 2.58 bits per heavy atom. The number of pyridine rings is 2. The zero-order chi connectivity index (χ0) is 17.9. The molecule has 0 saturated carbocycles. The highest BCUT2D eigenvalue weighted by molar-refractivity contribution is 5.91. The van der Waals surface area contributed by atoms with Gasteiger partial charge in [-0.2, -0.15) is 0 Å². The fourth-order valence-corrected chi connectivity index (χ4v) is 3.92. The van der Waals surface area contributed by atoms with Gasteiger partial charge in [0.05, 0.1) is 11.0 Å². The predicted octanol–water partition coefficient (Wildman–Crippen LogP) is 4.14. The van der Waals surface area contributed by atoms with Gasteiger partial charge >= 0.3 is 0 Å². The SMILES string of the molecule is CCCN1CCN(c2ccc(-c3ccnc4cccnc34)cc2C)CC1. The second-order valence-electron chi connectivity index (χ2n) is 7.06. The van der Waals surface area contributed by atoms with Gasteiger partial charge < -0.3 is 4.90 Å². The summed E-state index contributed by atoms with van der Waals surface area (Å²) < 4.78 is 0. The molecule has 3 aromatic rings. The Morgan fingerprint density at radius 1 is 0.962 bits per heavy atom. The van der Waals surface area contributed by atoms with Gasteiger partial charge in [0.15, 0.2) is 0 Å². The number of fused-ring (bicyclic) bond motifs is 1. The zero-order valence-corrected chi connectivity index (χ0v) is 15.7. The summed E-state index contributed by atoms with van der Waals surface area (Å²) in [5.41, 5.74) is 6.96. The molecule has 4 heteroatoms. The molecule has 4 rings (SSSR count). The van der Waals surface area contributed by atoms with Gasteiger partial charge in [-0.25, -0.2) is 0 Å². The van der Waals surface area contributed by atoms with Crippen LogP contribution in [0.1, 0.15) is 18.9 Å². The van der Waals surface area contributed by atoms with Crippen LogP contribution in [0, 0.1) is 6.92 Å². The van der Waals surface area contributed by atoms with E-state index in [9.17, 15) is 0 Å². The molecule has 1 aromatic carbocycles. The standard InChI is InChI=1S/C22H26N4/c1-3-11-25-12-14-26(15-13-25)21-7-6-18(16-17(21)2)19-8-10-23-20-5-4-9-24-22(19)20/h4-10,16H,3,11-15H2,1-2H3. The highest BCUT2D eigenvalue weighted by Crippen LogP contribution is 2.30. The van der Waals surface area contributed by atoms with Crippen molar-refractivity contribution in [1.29, 1.82) is 0 Å². The lowest BCUT2D eigenvalue weighted by molar-refractivity contribution is 0.258. The number of hydrogen-bond acceptors (Lipinski definition) is 4. The van der Waals surface area contributed by atoms with Crippen LogP contribution in [0.2, 0.25) is 0 Å². The molecule has 134 valence electrons. The van der Waals surface area contributed by atoms with Crippen LogP contribution in [0.4, 0.5) is 5.69 Å². The lowest BCUT2D eigenvalue weighted by Crippen LogP contribution is -2.46. The molecule has 0 aliphatic carbocycles. The summed E-state index contributed by atoms with van der Waals surface area (Å²) in [6.07, 6.45) is 4.95. The van der Waals surface area contributed by atoms with E-state index in [1.165, 1.54) is 29.8 Å². The maximum absolute atomic E-state index is 4.55. The van der Waals surface area contributed by atoms with E-state index in [0.717, 1.165) is 42.8 Å². The van der Waals surface area contributed by atoms with E-state index in [2.05, 4.69) is 57.9 Å². The molecule has 0 N–H and O–H groups in total. The zero-order valence-electron chi connectivity index (χ0n) is 15.7. The molecular weight excluding hydrogens is 320 g/mol. The first-order valence-electron chi connectivity index (χ1n) is 9.54. The van der Waals surface area contributed by atoms with Gasteiger partial charge in [-0.05, 0) is 61.3 Å². The second-order valence-corrected chi connectivity index (χ2v) is 7.06. The fraction of sp³-hybridized carbons (Fsp3) is 0.364. The minimum Gasteiger partial charge on any atom is -0.369 e. The van der Waals surface area contributed by atoms with Gasteiger partial charge in [-0.15, -0.1) is 0 Å². The van der Waals surface area contributed by atoms with Crippen molar-refractivity contribution >= 4 is 16.7 Å². The van der Waals surface area contributed by atoms with Crippen LogP contribution in [0.15, 0.2) is 48.8 Å². The molecule has 1 fully saturated rings. The maximum Gasteiger partial charge on any atom is 0.0964 e. The molecule has 0 bridgehead atoms. The normalized spacial score (nSPS) is 15.5. The fourth-order valence-electron chi connectivity index (χ4n) is 3.92. The highest BCUT2D eigenvalue weighted by atomic mass is 15.3. The summed E-state index contributed by atoms with van der Waals surface area (Å²) in [7, 11) is 0. The monoisotopic (exact) mass is 346 g/mol. The number of nitrogens with zero attached hydrogens (tertiary/aromatic N) is 4. The van der Waals surface area contributed by atoms with E-state index in [-0.39, 0.29) is 0 Å². The molecule has 4 nitrogen and oxygen atoms in total. The van der Waals surface area contributed by atoms with Gasteiger partial charge in [-0.3, -0.25) is 14.9 Å². The van der Waals surface area contributed by atoms with Crippen molar-refractivity contribution in [3.63, 3.8) is 0 Å². The third-order valence-electron chi connectivity index (χ3n) is 5.26. The van der Waals surface area contributed by atoms with E-state index >= 15 is 0 Å². The lowest BCUT2D eigenvalue weighted by atomic mass is 10.0. The summed E-state index contributed by atoms with van der Waals surface area (Å²) in [5.74, 6) is 0. The highest BCUT2D eigenvalue weighted by Gasteiger charge is 2.18. The minimum absolute atomic E-state index is 0.943. The van der Waals surface area contributed by atoms with Crippen LogP contribution in [0.3, 0.4) is 0 Å². The van der Waals surface area contributed by atoms with Crippen molar-refractivity contribution < 1.29 is 0 Å². The van der Waals surface area contributed by atoms with Crippen molar-refractivity contribution in [3.8, 4) is 11.1 Å². The Kier molecular flexibility index (Phi) is 4.85. The predicted molar refractivity (Wildman–Crippen MR) is 109 cm³/mol. The van der Waals surface area contributed by atoms with Gasteiger partial charge in [0.1, 0.15) is 0 Å². The molecule has 0 radical (unpaired) electrons. The Labute approximate surface area is 155 Å². The summed E-state index contributed by atoms with van der Waals surface area (Å²) >= 11 is 0. The van der Waals surface area contributed by atoms with Gasteiger partial charge in [0.25, 0.3) is 0 Å². The van der Waals surface area contributed by atoms with E-state index in [4.69, 9.17) is 0 Å². The Morgan fingerprint density at radius 2 is 1.81 bits per heavy atom. The Balaban J connectivity index is 1.60. The number of aryl methyl sites for hydroxylation is 1. The average molecular weight is 346 g/mol. The topological polar surface area (TPSA) is 32.3 Å². The van der Waals surface area contributed by atoms with Crippen LogP contribution in [0.25, 0.3) is 22.2 Å². The van der Waals surface area contributed by atoms with Gasteiger partial charge in [0.2, 0.25) is 0 Å². The smallest absolute Gasteiger partial charge is 0.0964 e. The first kappa shape index (κ1) is 17.0. The van der Waals surface area contributed by atoms with Crippen molar-refractivity contribution in [1.82, 2.24) is 14.9 Å². The summed E-state index contributed by atoms with van der Waals surface area (Å²) in [6, 6.07) is 12.8. The van der Waals surface area contributed by atoms with E-state index in [1.54, 1.807) is 0 Å². The lowest BCUT2D eigenvalue weighted by Gasteiger charge is -2.36. The van der Waals surface area contributed by atoms with Crippen LogP contribution >= 0.6 is 0 Å². The van der Waals surface area contributed by atoms with Crippen molar-refractivity contribution in [2.24, 2.45) is 0 Å². The first-order chi connectivity index (χ1) is 12.8. The van der Waals surface area contributed by atoms with Crippen molar-refractivity contribution in [2.45, 2.75) is 20.3 Å². The summed E-state index contributed by atoms with van der Waals surface area (Å²) in [6.45, 7) is 10.2. The number of aromatic nitrogens is 2. The van der Waals surface area contributed by atoms with Crippen LogP contribution in [-0.4, -0.2) is 47.6 Å². The van der Waals surface area contributed by atoms with E-state index in [0.29, 0.717) is 0 Å². The molecule has 3 heterocycles. The Bertz CT molecular complexity index is 892. The first-order valence-corrected chi connectivity index (χ1v) is 9.54. The number of benzene rings is 1. The van der Waals surface area contributed by atoms with E-state index < -0.39 is 0 Å². The third-order valence-corrected chi connectivity index (χ3v) is 5.26. The molecule has 1 aliphatic rings.